The van der Waals surface area contributed by atoms with E-state index in [-0.39, 0.29) is 17.3 Å². The van der Waals surface area contributed by atoms with Gasteiger partial charge in [-0.3, -0.25) is 0 Å². The molecular formula is C27H21N7O4. The monoisotopic (exact) mass is 507 g/mol. The number of hydrazone groups is 1. The Balaban J connectivity index is 1.33. The predicted molar refractivity (Wildman–Crippen MR) is 143 cm³/mol. The topological polar surface area (TPSA) is 158 Å². The molecule has 188 valence electrons. The largest absolute Gasteiger partial charge is 0.507 e. The van der Waals surface area contributed by atoms with Crippen molar-refractivity contribution >= 4 is 41.4 Å². The van der Waals surface area contributed by atoms with Crippen molar-refractivity contribution in [1.29, 1.82) is 0 Å². The van der Waals surface area contributed by atoms with E-state index in [1.165, 1.54) is 18.3 Å². The van der Waals surface area contributed by atoms with Gasteiger partial charge in [0.15, 0.2) is 0 Å². The number of hydrogen-bond acceptors (Lipinski definition) is 10. The number of carboxylic acids is 1. The third-order valence-electron chi connectivity index (χ3n) is 5.19. The van der Waals surface area contributed by atoms with E-state index in [4.69, 9.17) is 9.52 Å². The molecule has 5 rings (SSSR count). The molecule has 38 heavy (non-hydrogen) atoms. The maximum absolute atomic E-state index is 11.1. The number of carboxylic acid groups (broad SMARTS) is 1. The van der Waals surface area contributed by atoms with E-state index in [2.05, 4.69) is 36.1 Å². The maximum Gasteiger partial charge on any atom is 0.339 e. The molecule has 11 heteroatoms. The number of furan rings is 1. The number of benzene rings is 3. The zero-order valence-electron chi connectivity index (χ0n) is 19.7. The van der Waals surface area contributed by atoms with Crippen LogP contribution in [0.4, 0.5) is 29.2 Å². The fourth-order valence-corrected chi connectivity index (χ4v) is 3.44. The number of carbonyl (C=O) groups is 1. The minimum Gasteiger partial charge on any atom is -0.507 e. The molecule has 11 nitrogen and oxygen atoms in total. The molecule has 0 saturated carbocycles. The average molecular weight is 508 g/mol. The van der Waals surface area contributed by atoms with Crippen LogP contribution in [0.2, 0.25) is 0 Å². The lowest BCUT2D eigenvalue weighted by molar-refractivity contribution is 0.0693. The summed E-state index contributed by atoms with van der Waals surface area (Å²) in [5.74, 6) is 0.0950. The average Bonchev–Trinajstić information content (AvgIpc) is 3.38. The SMILES string of the molecule is O=C(O)c1ccc(-c2ccc(/C=N/Nc3nc(Nc4ccccc4)nc(Nc4ccccc4)n3)o2)cc1O. The molecule has 0 amide bonds. The number of hydrogen-bond donors (Lipinski definition) is 5. The second-order valence-electron chi connectivity index (χ2n) is 7.90. The summed E-state index contributed by atoms with van der Waals surface area (Å²) in [6.45, 7) is 0. The highest BCUT2D eigenvalue weighted by Gasteiger charge is 2.12. The van der Waals surface area contributed by atoms with Gasteiger partial charge in [-0.1, -0.05) is 42.5 Å². The van der Waals surface area contributed by atoms with E-state index in [9.17, 15) is 9.90 Å². The van der Waals surface area contributed by atoms with Crippen molar-refractivity contribution in [2.24, 2.45) is 5.10 Å². The zero-order valence-corrected chi connectivity index (χ0v) is 19.7. The van der Waals surface area contributed by atoms with Gasteiger partial charge in [-0.25, -0.2) is 10.2 Å². The van der Waals surface area contributed by atoms with Gasteiger partial charge in [0.05, 0.1) is 6.21 Å². The Morgan fingerprint density at radius 3 is 1.97 bits per heavy atom. The number of aromatic carboxylic acids is 1. The molecule has 0 atom stereocenters. The third kappa shape index (κ3) is 5.91. The molecule has 2 heterocycles. The Kier molecular flexibility index (Phi) is 6.89. The molecule has 0 aliphatic heterocycles. The van der Waals surface area contributed by atoms with E-state index in [1.54, 1.807) is 18.2 Å². The maximum atomic E-state index is 11.1. The van der Waals surface area contributed by atoms with E-state index in [0.717, 1.165) is 11.4 Å². The predicted octanol–water partition coefficient (Wildman–Crippen LogP) is 5.47. The second-order valence-corrected chi connectivity index (χ2v) is 7.90. The van der Waals surface area contributed by atoms with Crippen LogP contribution >= 0.6 is 0 Å². The van der Waals surface area contributed by atoms with E-state index in [0.29, 0.717) is 29.0 Å². The van der Waals surface area contributed by atoms with Crippen molar-refractivity contribution in [2.45, 2.75) is 0 Å². The minimum atomic E-state index is -1.21. The van der Waals surface area contributed by atoms with Crippen LogP contribution < -0.4 is 16.1 Å². The van der Waals surface area contributed by atoms with Crippen LogP contribution in [0, 0.1) is 0 Å². The van der Waals surface area contributed by atoms with Crippen molar-refractivity contribution in [1.82, 2.24) is 15.0 Å². The number of para-hydroxylation sites is 2. The van der Waals surface area contributed by atoms with Crippen LogP contribution in [0.5, 0.6) is 5.75 Å². The third-order valence-corrected chi connectivity index (χ3v) is 5.19. The van der Waals surface area contributed by atoms with Crippen molar-refractivity contribution < 1.29 is 19.4 Å². The molecule has 0 radical (unpaired) electrons. The van der Waals surface area contributed by atoms with Gasteiger partial charge in [0, 0.05) is 16.9 Å². The molecule has 0 fully saturated rings. The summed E-state index contributed by atoms with van der Waals surface area (Å²) in [5.41, 5.74) is 4.73. The molecule has 2 aromatic heterocycles. The van der Waals surface area contributed by atoms with E-state index in [1.807, 2.05) is 60.7 Å². The minimum absolute atomic E-state index is 0.189. The first-order valence-electron chi connectivity index (χ1n) is 11.4. The number of phenols is 1. The Hall–Kier alpha value is -5.71. The zero-order chi connectivity index (χ0) is 26.3. The van der Waals surface area contributed by atoms with Gasteiger partial charge in [-0.2, -0.15) is 20.1 Å². The summed E-state index contributed by atoms with van der Waals surface area (Å²) in [7, 11) is 0. The quantitative estimate of drug-likeness (QED) is 0.128. The first-order valence-corrected chi connectivity index (χ1v) is 11.4. The normalized spacial score (nSPS) is 10.8. The fraction of sp³-hybridized carbons (Fsp3) is 0. The van der Waals surface area contributed by atoms with Crippen LogP contribution in [-0.2, 0) is 0 Å². The Morgan fingerprint density at radius 2 is 1.39 bits per heavy atom. The second kappa shape index (κ2) is 10.9. The lowest BCUT2D eigenvalue weighted by Crippen LogP contribution is -2.07. The highest BCUT2D eigenvalue weighted by molar-refractivity contribution is 5.91. The Labute approximate surface area is 216 Å². The summed E-state index contributed by atoms with van der Waals surface area (Å²) in [6, 6.07) is 26.5. The molecule has 3 aromatic carbocycles. The van der Waals surface area contributed by atoms with Crippen LogP contribution in [0.15, 0.2) is 101 Å². The molecule has 5 aromatic rings. The highest BCUT2D eigenvalue weighted by Crippen LogP contribution is 2.28. The number of aromatic hydroxyl groups is 1. The van der Waals surface area contributed by atoms with Crippen molar-refractivity contribution in [2.75, 3.05) is 16.1 Å². The van der Waals surface area contributed by atoms with Crippen molar-refractivity contribution in [3.8, 4) is 17.1 Å². The summed E-state index contributed by atoms with van der Waals surface area (Å²) in [6.07, 6.45) is 1.44. The van der Waals surface area contributed by atoms with E-state index >= 15 is 0 Å². The van der Waals surface area contributed by atoms with Gasteiger partial charge < -0.3 is 25.3 Å². The fourth-order valence-electron chi connectivity index (χ4n) is 3.44. The molecule has 0 spiro atoms. The molecule has 0 bridgehead atoms. The summed E-state index contributed by atoms with van der Waals surface area (Å²) < 4.78 is 5.74. The molecule has 0 aliphatic rings. The number of nitrogens with one attached hydrogen (secondary N) is 3. The smallest absolute Gasteiger partial charge is 0.339 e. The van der Waals surface area contributed by atoms with Gasteiger partial charge in [-0.05, 0) is 48.5 Å². The summed E-state index contributed by atoms with van der Waals surface area (Å²) >= 11 is 0. The lowest BCUT2D eigenvalue weighted by atomic mass is 10.1. The van der Waals surface area contributed by atoms with Crippen molar-refractivity contribution in [3.63, 3.8) is 0 Å². The standard InChI is InChI=1S/C27H21N7O4/c35-22-15-17(11-13-21(22)24(36)37)23-14-12-20(38-23)16-28-34-27-32-25(29-18-7-3-1-4-8-18)31-26(33-27)30-19-9-5-2-6-10-19/h1-16,35H,(H,36,37)(H3,29,30,31,32,33,34)/b28-16+. The van der Waals surface area contributed by atoms with Crippen LogP contribution in [0.3, 0.4) is 0 Å². The summed E-state index contributed by atoms with van der Waals surface area (Å²) in [4.78, 5) is 24.3. The molecule has 0 unspecified atom stereocenters. The lowest BCUT2D eigenvalue weighted by Gasteiger charge is -2.10. The van der Waals surface area contributed by atoms with Gasteiger partial charge >= 0.3 is 5.97 Å². The molecule has 0 saturated heterocycles. The first-order chi connectivity index (χ1) is 18.5. The van der Waals surface area contributed by atoms with Gasteiger partial charge in [0.2, 0.25) is 17.8 Å². The molecule has 5 N–H and O–H groups in total. The number of anilines is 5. The van der Waals surface area contributed by atoms with E-state index < -0.39 is 5.97 Å². The summed E-state index contributed by atoms with van der Waals surface area (Å²) in [5, 5.41) is 29.5. The van der Waals surface area contributed by atoms with Crippen molar-refractivity contribution in [3.05, 3.63) is 102 Å². The number of rotatable bonds is 9. The van der Waals surface area contributed by atoms with Gasteiger partial charge in [0.1, 0.15) is 22.8 Å². The Morgan fingerprint density at radius 1 is 0.789 bits per heavy atom. The van der Waals surface area contributed by atoms with Gasteiger partial charge in [0.25, 0.3) is 0 Å². The molecular weight excluding hydrogens is 486 g/mol. The Bertz CT molecular complexity index is 1530. The molecule has 0 aliphatic carbocycles. The van der Waals surface area contributed by atoms with Gasteiger partial charge in [-0.15, -0.1) is 0 Å². The number of aromatic nitrogens is 3. The van der Waals surface area contributed by atoms with Crippen LogP contribution in [0.1, 0.15) is 16.1 Å². The van der Waals surface area contributed by atoms with Crippen LogP contribution in [0.25, 0.3) is 11.3 Å². The first kappa shape index (κ1) is 24.0. The van der Waals surface area contributed by atoms with Crippen LogP contribution in [-0.4, -0.2) is 37.3 Å². The number of nitrogens with zero attached hydrogens (tertiary/aromatic N) is 4. The highest BCUT2D eigenvalue weighted by atomic mass is 16.4.